The van der Waals surface area contributed by atoms with E-state index in [9.17, 15) is 4.79 Å². The molecule has 0 aliphatic carbocycles. The molecule has 3 heteroatoms. The van der Waals surface area contributed by atoms with Crippen LogP contribution in [0.2, 0.25) is 0 Å². The number of benzene rings is 1. The molecule has 0 saturated carbocycles. The highest BCUT2D eigenvalue weighted by Gasteiger charge is 2.14. The molecule has 0 aliphatic heterocycles. The van der Waals surface area contributed by atoms with Gasteiger partial charge in [-0.1, -0.05) is 25.1 Å². The van der Waals surface area contributed by atoms with Gasteiger partial charge in [-0.05, 0) is 37.4 Å². The number of aryl methyl sites for hydroxylation is 1. The third kappa shape index (κ3) is 2.62. The van der Waals surface area contributed by atoms with E-state index in [4.69, 9.17) is 10.2 Å². The topological polar surface area (TPSA) is 56.2 Å². The van der Waals surface area contributed by atoms with Crippen LogP contribution in [0.5, 0.6) is 0 Å². The van der Waals surface area contributed by atoms with E-state index in [0.717, 1.165) is 23.0 Å². The Morgan fingerprint density at radius 2 is 2.22 bits per heavy atom. The average molecular weight is 245 g/mol. The molecule has 1 aromatic carbocycles. The first-order chi connectivity index (χ1) is 8.61. The molecule has 96 valence electrons. The quantitative estimate of drug-likeness (QED) is 0.822. The van der Waals surface area contributed by atoms with Gasteiger partial charge < -0.3 is 10.2 Å². The van der Waals surface area contributed by atoms with Gasteiger partial charge in [0.15, 0.2) is 11.5 Å². The van der Waals surface area contributed by atoms with E-state index < -0.39 is 0 Å². The summed E-state index contributed by atoms with van der Waals surface area (Å²) in [6.45, 7) is 4.65. The number of carbonyl (C=O) groups is 1. The summed E-state index contributed by atoms with van der Waals surface area (Å²) in [4.78, 5) is 12.0. The lowest BCUT2D eigenvalue weighted by Crippen LogP contribution is -2.12. The Bertz CT molecular complexity index is 557. The zero-order valence-electron chi connectivity index (χ0n) is 10.9. The number of hydrogen-bond donors (Lipinski definition) is 1. The minimum atomic E-state index is 0.0610. The highest BCUT2D eigenvalue weighted by atomic mass is 16.3. The molecule has 0 fully saturated rings. The molecular weight excluding hydrogens is 226 g/mol. The van der Waals surface area contributed by atoms with Crippen molar-refractivity contribution in [3.63, 3.8) is 0 Å². The maximum absolute atomic E-state index is 12.0. The second kappa shape index (κ2) is 5.36. The van der Waals surface area contributed by atoms with E-state index >= 15 is 0 Å². The van der Waals surface area contributed by atoms with Crippen LogP contribution in [0.25, 0.3) is 11.0 Å². The molecule has 1 unspecified atom stereocenters. The Kier molecular flexibility index (Phi) is 3.82. The summed E-state index contributed by atoms with van der Waals surface area (Å²) in [5.74, 6) is 0.898. The number of hydrogen-bond acceptors (Lipinski definition) is 3. The minimum Gasteiger partial charge on any atom is -0.453 e. The molecule has 2 aromatic rings. The fraction of sp³-hybridized carbons (Fsp3) is 0.400. The van der Waals surface area contributed by atoms with Gasteiger partial charge in [-0.2, -0.15) is 0 Å². The van der Waals surface area contributed by atoms with Gasteiger partial charge in [0.1, 0.15) is 5.58 Å². The van der Waals surface area contributed by atoms with Crippen molar-refractivity contribution in [1.82, 2.24) is 0 Å². The molecule has 1 aromatic heterocycles. The fourth-order valence-electron chi connectivity index (χ4n) is 1.96. The third-order valence-corrected chi connectivity index (χ3v) is 3.28. The predicted octanol–water partition coefficient (Wildman–Crippen LogP) is 3.30. The van der Waals surface area contributed by atoms with Gasteiger partial charge in [0, 0.05) is 11.8 Å². The number of carbonyl (C=O) groups excluding carboxylic acids is 1. The Morgan fingerprint density at radius 3 is 2.89 bits per heavy atom. The number of Topliss-reactive ketones (excluding diaryl/α,β-unsaturated/α-hetero) is 1. The van der Waals surface area contributed by atoms with Crippen LogP contribution in [-0.4, -0.2) is 12.3 Å². The van der Waals surface area contributed by atoms with Gasteiger partial charge in [-0.3, -0.25) is 4.79 Å². The maximum Gasteiger partial charge on any atom is 0.198 e. The molecule has 0 bridgehead atoms. The third-order valence-electron chi connectivity index (χ3n) is 3.28. The average Bonchev–Trinajstić information content (AvgIpc) is 2.81. The molecule has 1 atom stereocenters. The van der Waals surface area contributed by atoms with Crippen molar-refractivity contribution in [2.24, 2.45) is 11.7 Å². The van der Waals surface area contributed by atoms with Gasteiger partial charge in [0.25, 0.3) is 0 Å². The number of furan rings is 1. The lowest BCUT2D eigenvalue weighted by molar-refractivity contribution is 0.0950. The van der Waals surface area contributed by atoms with E-state index in [0.29, 0.717) is 24.6 Å². The minimum absolute atomic E-state index is 0.0610. The summed E-state index contributed by atoms with van der Waals surface area (Å²) in [6, 6.07) is 7.75. The predicted molar refractivity (Wildman–Crippen MR) is 72.7 cm³/mol. The Balaban J connectivity index is 2.16. The molecule has 0 aliphatic rings. The number of fused-ring (bicyclic) bond motifs is 1. The van der Waals surface area contributed by atoms with E-state index in [1.165, 1.54) is 0 Å². The van der Waals surface area contributed by atoms with Crippen LogP contribution < -0.4 is 5.73 Å². The van der Waals surface area contributed by atoms with E-state index in [1.807, 2.05) is 31.2 Å². The first kappa shape index (κ1) is 12.8. The van der Waals surface area contributed by atoms with Crippen LogP contribution in [-0.2, 0) is 0 Å². The first-order valence-electron chi connectivity index (χ1n) is 6.34. The Labute approximate surface area is 107 Å². The van der Waals surface area contributed by atoms with Gasteiger partial charge in [0.05, 0.1) is 0 Å². The number of ketones is 1. The molecule has 0 amide bonds. The van der Waals surface area contributed by atoms with Crippen molar-refractivity contribution < 1.29 is 9.21 Å². The zero-order valence-corrected chi connectivity index (χ0v) is 10.9. The van der Waals surface area contributed by atoms with Crippen molar-refractivity contribution in [2.45, 2.75) is 26.7 Å². The molecule has 2 N–H and O–H groups in total. The van der Waals surface area contributed by atoms with Crippen LogP contribution >= 0.6 is 0 Å². The highest BCUT2D eigenvalue weighted by Crippen LogP contribution is 2.23. The molecule has 2 rings (SSSR count). The van der Waals surface area contributed by atoms with Crippen molar-refractivity contribution in [3.8, 4) is 0 Å². The summed E-state index contributed by atoms with van der Waals surface area (Å²) in [5, 5.41) is 0.991. The van der Waals surface area contributed by atoms with Crippen LogP contribution in [0.15, 0.2) is 28.7 Å². The van der Waals surface area contributed by atoms with E-state index in [-0.39, 0.29) is 5.78 Å². The molecule has 1 heterocycles. The van der Waals surface area contributed by atoms with Crippen LogP contribution in [0.4, 0.5) is 0 Å². The zero-order chi connectivity index (χ0) is 13.1. The monoisotopic (exact) mass is 245 g/mol. The number of para-hydroxylation sites is 1. The second-order valence-corrected chi connectivity index (χ2v) is 4.91. The molecule has 0 spiro atoms. The normalized spacial score (nSPS) is 12.8. The van der Waals surface area contributed by atoms with Crippen molar-refractivity contribution >= 4 is 16.8 Å². The van der Waals surface area contributed by atoms with Gasteiger partial charge in [-0.25, -0.2) is 0 Å². The maximum atomic E-state index is 12.0. The lowest BCUT2D eigenvalue weighted by Gasteiger charge is -2.05. The largest absolute Gasteiger partial charge is 0.453 e. The summed E-state index contributed by atoms with van der Waals surface area (Å²) in [5.41, 5.74) is 7.41. The molecule has 3 nitrogen and oxygen atoms in total. The lowest BCUT2D eigenvalue weighted by atomic mass is 10.0. The van der Waals surface area contributed by atoms with E-state index in [2.05, 4.69) is 6.92 Å². The van der Waals surface area contributed by atoms with Gasteiger partial charge in [0.2, 0.25) is 0 Å². The number of nitrogens with two attached hydrogens (primary N) is 1. The highest BCUT2D eigenvalue weighted by molar-refractivity contribution is 5.98. The molecule has 0 saturated heterocycles. The van der Waals surface area contributed by atoms with Crippen molar-refractivity contribution in [3.05, 3.63) is 35.6 Å². The van der Waals surface area contributed by atoms with Crippen LogP contribution in [0.3, 0.4) is 0 Å². The van der Waals surface area contributed by atoms with Crippen molar-refractivity contribution in [2.75, 3.05) is 6.54 Å². The van der Waals surface area contributed by atoms with Crippen LogP contribution in [0, 0.1) is 12.8 Å². The summed E-state index contributed by atoms with van der Waals surface area (Å²) in [7, 11) is 0. The number of rotatable bonds is 5. The standard InChI is InChI=1S/C15H19NO2/c1-10(9-16)6-7-13(17)14-8-12-5-3-4-11(2)15(12)18-14/h3-5,8,10H,6-7,9,16H2,1-2H3. The van der Waals surface area contributed by atoms with Crippen LogP contribution in [0.1, 0.15) is 35.9 Å². The van der Waals surface area contributed by atoms with Gasteiger partial charge >= 0.3 is 0 Å². The molecule has 18 heavy (non-hydrogen) atoms. The smallest absolute Gasteiger partial charge is 0.198 e. The summed E-state index contributed by atoms with van der Waals surface area (Å²) < 4.78 is 5.65. The molecular formula is C15H19NO2. The van der Waals surface area contributed by atoms with Gasteiger partial charge in [-0.15, -0.1) is 0 Å². The Morgan fingerprint density at radius 1 is 1.44 bits per heavy atom. The van der Waals surface area contributed by atoms with Crippen molar-refractivity contribution in [1.29, 1.82) is 0 Å². The second-order valence-electron chi connectivity index (χ2n) is 4.91. The fourth-order valence-corrected chi connectivity index (χ4v) is 1.96. The SMILES string of the molecule is Cc1cccc2cc(C(=O)CCC(C)CN)oc12. The first-order valence-corrected chi connectivity index (χ1v) is 6.34. The Hall–Kier alpha value is -1.61. The van der Waals surface area contributed by atoms with E-state index in [1.54, 1.807) is 0 Å². The summed E-state index contributed by atoms with van der Waals surface area (Å²) in [6.07, 6.45) is 1.31. The summed E-state index contributed by atoms with van der Waals surface area (Å²) >= 11 is 0. The molecule has 0 radical (unpaired) electrons.